The minimum atomic E-state index is 0.496. The van der Waals surface area contributed by atoms with Gasteiger partial charge in [0.2, 0.25) is 0 Å². The fraction of sp³-hybridized carbons (Fsp3) is 1.00. The highest BCUT2D eigenvalue weighted by molar-refractivity contribution is 4.88. The molecule has 2 rings (SSSR count). The maximum atomic E-state index is 5.78. The lowest BCUT2D eigenvalue weighted by Gasteiger charge is -2.41. The molecule has 2 unspecified atom stereocenters. The third-order valence-corrected chi connectivity index (χ3v) is 4.80. The molecule has 2 aliphatic rings. The van der Waals surface area contributed by atoms with Crippen LogP contribution in [-0.4, -0.2) is 50.3 Å². The fourth-order valence-corrected chi connectivity index (χ4v) is 3.43. The smallest absolute Gasteiger partial charge is 0.0702 e. The molecule has 1 N–H and O–H groups in total. The zero-order chi connectivity index (χ0) is 12.8. The molecule has 0 aromatic carbocycles. The minimum absolute atomic E-state index is 0.496. The van der Waals surface area contributed by atoms with E-state index < -0.39 is 0 Å². The molecule has 0 aliphatic carbocycles. The number of nitrogens with one attached hydrogen (secondary N) is 1. The Hall–Kier alpha value is -0.120. The summed E-state index contributed by atoms with van der Waals surface area (Å²) in [7, 11) is 0. The Kier molecular flexibility index (Phi) is 5.46. The topological polar surface area (TPSA) is 24.5 Å². The fourth-order valence-electron chi connectivity index (χ4n) is 3.43. The Morgan fingerprint density at radius 3 is 2.78 bits per heavy atom. The van der Waals surface area contributed by atoms with Crippen molar-refractivity contribution >= 4 is 0 Å². The lowest BCUT2D eigenvalue weighted by molar-refractivity contribution is 0.0475. The van der Waals surface area contributed by atoms with Gasteiger partial charge in [-0.05, 0) is 50.6 Å². The molecule has 2 aliphatic heterocycles. The molecule has 0 aromatic rings. The molecule has 3 nitrogen and oxygen atoms in total. The number of nitrogens with zero attached hydrogens (tertiary/aromatic N) is 1. The first-order valence-electron chi connectivity index (χ1n) is 7.83. The largest absolute Gasteiger partial charge is 0.377 e. The van der Waals surface area contributed by atoms with Crippen LogP contribution in [0.4, 0.5) is 0 Å². The van der Waals surface area contributed by atoms with Crippen molar-refractivity contribution in [3.8, 4) is 0 Å². The number of likely N-dealkylation sites (N-methyl/N-ethyl adjacent to an activating group) is 1. The van der Waals surface area contributed by atoms with Gasteiger partial charge in [0.05, 0.1) is 6.10 Å². The second kappa shape index (κ2) is 6.88. The van der Waals surface area contributed by atoms with Gasteiger partial charge in [-0.25, -0.2) is 0 Å². The van der Waals surface area contributed by atoms with Crippen LogP contribution in [0.15, 0.2) is 0 Å². The number of ether oxygens (including phenoxy) is 1. The Balaban J connectivity index is 1.86. The first-order valence-corrected chi connectivity index (χ1v) is 7.83. The number of rotatable bonds is 6. The standard InChI is InChI=1S/C15H30N2O/c1-3-15(8-6-9-16-12-15)13-17(4-2)11-14-7-5-10-18-14/h14,16H,3-13H2,1-2H3. The van der Waals surface area contributed by atoms with Crippen molar-refractivity contribution in [3.63, 3.8) is 0 Å². The summed E-state index contributed by atoms with van der Waals surface area (Å²) in [6, 6.07) is 0. The molecule has 2 fully saturated rings. The van der Waals surface area contributed by atoms with E-state index in [1.54, 1.807) is 0 Å². The average Bonchev–Trinajstić information content (AvgIpc) is 2.92. The van der Waals surface area contributed by atoms with E-state index in [1.165, 1.54) is 51.7 Å². The molecule has 18 heavy (non-hydrogen) atoms. The normalized spacial score (nSPS) is 33.2. The number of piperidine rings is 1. The van der Waals surface area contributed by atoms with Crippen LogP contribution in [0.1, 0.15) is 46.0 Å². The van der Waals surface area contributed by atoms with Crippen molar-refractivity contribution < 1.29 is 4.74 Å². The Labute approximate surface area is 112 Å². The quantitative estimate of drug-likeness (QED) is 0.787. The molecule has 2 heterocycles. The number of hydrogen-bond donors (Lipinski definition) is 1. The van der Waals surface area contributed by atoms with Crippen LogP contribution in [0.25, 0.3) is 0 Å². The van der Waals surface area contributed by atoms with E-state index in [0.29, 0.717) is 11.5 Å². The Morgan fingerprint density at radius 2 is 2.22 bits per heavy atom. The van der Waals surface area contributed by atoms with Crippen LogP contribution in [0, 0.1) is 5.41 Å². The monoisotopic (exact) mass is 254 g/mol. The molecule has 0 amide bonds. The van der Waals surface area contributed by atoms with Crippen LogP contribution < -0.4 is 5.32 Å². The van der Waals surface area contributed by atoms with Crippen LogP contribution in [-0.2, 0) is 4.74 Å². The molecule has 0 spiro atoms. The molecule has 106 valence electrons. The van der Waals surface area contributed by atoms with Crippen molar-refractivity contribution in [2.24, 2.45) is 5.41 Å². The molecular formula is C15H30N2O. The average molecular weight is 254 g/mol. The first kappa shape index (κ1) is 14.3. The van der Waals surface area contributed by atoms with Crippen molar-refractivity contribution in [3.05, 3.63) is 0 Å². The van der Waals surface area contributed by atoms with E-state index in [2.05, 4.69) is 24.1 Å². The summed E-state index contributed by atoms with van der Waals surface area (Å²) in [5.74, 6) is 0. The van der Waals surface area contributed by atoms with E-state index in [9.17, 15) is 0 Å². The molecule has 0 aromatic heterocycles. The van der Waals surface area contributed by atoms with Crippen molar-refractivity contribution in [1.82, 2.24) is 10.2 Å². The zero-order valence-electron chi connectivity index (χ0n) is 12.2. The SMILES string of the molecule is CCN(CC1CCCO1)CC1(CC)CCCNC1. The van der Waals surface area contributed by atoms with Gasteiger partial charge in [0.1, 0.15) is 0 Å². The summed E-state index contributed by atoms with van der Waals surface area (Å²) in [5.41, 5.74) is 0.507. The van der Waals surface area contributed by atoms with Crippen LogP contribution >= 0.6 is 0 Å². The molecule has 0 saturated carbocycles. The van der Waals surface area contributed by atoms with Gasteiger partial charge < -0.3 is 15.0 Å². The van der Waals surface area contributed by atoms with E-state index in [-0.39, 0.29) is 0 Å². The number of hydrogen-bond acceptors (Lipinski definition) is 3. The summed E-state index contributed by atoms with van der Waals surface area (Å²) < 4.78 is 5.78. The summed E-state index contributed by atoms with van der Waals surface area (Å²) >= 11 is 0. The van der Waals surface area contributed by atoms with Crippen molar-refractivity contribution in [2.75, 3.05) is 39.3 Å². The predicted molar refractivity (Wildman–Crippen MR) is 75.9 cm³/mol. The molecular weight excluding hydrogens is 224 g/mol. The van der Waals surface area contributed by atoms with Gasteiger partial charge in [-0.1, -0.05) is 13.8 Å². The summed E-state index contributed by atoms with van der Waals surface area (Å²) in [6.07, 6.45) is 7.03. The molecule has 3 heteroatoms. The second-order valence-electron chi connectivity index (χ2n) is 6.10. The Morgan fingerprint density at radius 1 is 1.33 bits per heavy atom. The highest BCUT2D eigenvalue weighted by atomic mass is 16.5. The minimum Gasteiger partial charge on any atom is -0.377 e. The van der Waals surface area contributed by atoms with Gasteiger partial charge in [-0.3, -0.25) is 0 Å². The highest BCUT2D eigenvalue weighted by Gasteiger charge is 2.32. The van der Waals surface area contributed by atoms with Crippen LogP contribution in [0.2, 0.25) is 0 Å². The zero-order valence-corrected chi connectivity index (χ0v) is 12.2. The van der Waals surface area contributed by atoms with Crippen LogP contribution in [0.5, 0.6) is 0 Å². The lowest BCUT2D eigenvalue weighted by Crippen LogP contribution is -2.48. The van der Waals surface area contributed by atoms with E-state index >= 15 is 0 Å². The van der Waals surface area contributed by atoms with Gasteiger partial charge in [-0.15, -0.1) is 0 Å². The van der Waals surface area contributed by atoms with Gasteiger partial charge >= 0.3 is 0 Å². The predicted octanol–water partition coefficient (Wildman–Crippen LogP) is 2.27. The molecule has 0 bridgehead atoms. The van der Waals surface area contributed by atoms with Gasteiger partial charge in [0, 0.05) is 26.2 Å². The maximum absolute atomic E-state index is 5.78. The van der Waals surface area contributed by atoms with E-state index in [0.717, 1.165) is 19.7 Å². The van der Waals surface area contributed by atoms with E-state index in [1.807, 2.05) is 0 Å². The molecule has 2 saturated heterocycles. The summed E-state index contributed by atoms with van der Waals surface area (Å²) in [6.45, 7) is 11.6. The highest BCUT2D eigenvalue weighted by Crippen LogP contribution is 2.31. The van der Waals surface area contributed by atoms with Gasteiger partial charge in [0.25, 0.3) is 0 Å². The van der Waals surface area contributed by atoms with Gasteiger partial charge in [-0.2, -0.15) is 0 Å². The van der Waals surface area contributed by atoms with Crippen LogP contribution in [0.3, 0.4) is 0 Å². The third kappa shape index (κ3) is 3.69. The maximum Gasteiger partial charge on any atom is 0.0702 e. The van der Waals surface area contributed by atoms with E-state index in [4.69, 9.17) is 4.74 Å². The summed E-state index contributed by atoms with van der Waals surface area (Å²) in [5, 5.41) is 3.59. The van der Waals surface area contributed by atoms with Crippen molar-refractivity contribution in [1.29, 1.82) is 0 Å². The molecule has 2 atom stereocenters. The summed E-state index contributed by atoms with van der Waals surface area (Å²) in [4.78, 5) is 2.62. The molecule has 0 radical (unpaired) electrons. The first-order chi connectivity index (χ1) is 8.78. The van der Waals surface area contributed by atoms with Crippen molar-refractivity contribution in [2.45, 2.75) is 52.1 Å². The third-order valence-electron chi connectivity index (χ3n) is 4.80. The lowest BCUT2D eigenvalue weighted by atomic mass is 9.78. The second-order valence-corrected chi connectivity index (χ2v) is 6.10. The van der Waals surface area contributed by atoms with Gasteiger partial charge in [0.15, 0.2) is 0 Å². The Bertz CT molecular complexity index is 233.